The van der Waals surface area contributed by atoms with Crippen molar-refractivity contribution in [2.45, 2.75) is 44.9 Å². The van der Waals surface area contributed by atoms with Gasteiger partial charge in [-0.15, -0.1) is 11.3 Å². The third kappa shape index (κ3) is 2.59. The van der Waals surface area contributed by atoms with E-state index in [0.717, 1.165) is 12.2 Å². The first-order chi connectivity index (χ1) is 9.81. The van der Waals surface area contributed by atoms with Crippen LogP contribution >= 0.6 is 11.3 Å². The van der Waals surface area contributed by atoms with E-state index in [1.807, 2.05) is 23.5 Å². The van der Waals surface area contributed by atoms with Crippen LogP contribution in [0.1, 0.15) is 49.2 Å². The van der Waals surface area contributed by atoms with Crippen molar-refractivity contribution in [3.05, 3.63) is 35.0 Å². The molecule has 1 aromatic heterocycles. The van der Waals surface area contributed by atoms with E-state index in [2.05, 4.69) is 19.1 Å². The summed E-state index contributed by atoms with van der Waals surface area (Å²) in [5.41, 5.74) is 2.62. The summed E-state index contributed by atoms with van der Waals surface area (Å²) in [4.78, 5) is 6.29. The molecule has 1 aliphatic rings. The number of nitrogens with zero attached hydrogens (tertiary/aromatic N) is 1. The van der Waals surface area contributed by atoms with Gasteiger partial charge in [0.15, 0.2) is 0 Å². The minimum absolute atomic E-state index is 0.670. The minimum atomic E-state index is 0.670. The van der Waals surface area contributed by atoms with Gasteiger partial charge in [-0.2, -0.15) is 0 Å². The fourth-order valence-corrected chi connectivity index (χ4v) is 4.05. The first-order valence-electron chi connectivity index (χ1n) is 7.46. The molecule has 0 amide bonds. The number of ether oxygens (including phenoxy) is 1. The molecular weight excluding hydrogens is 266 g/mol. The Morgan fingerprint density at radius 3 is 2.50 bits per heavy atom. The van der Waals surface area contributed by atoms with Crippen LogP contribution in [0, 0.1) is 0 Å². The second-order valence-electron chi connectivity index (χ2n) is 5.39. The van der Waals surface area contributed by atoms with Crippen LogP contribution in [0.15, 0.2) is 24.3 Å². The number of rotatable bonds is 4. The second-order valence-corrected chi connectivity index (χ2v) is 6.47. The van der Waals surface area contributed by atoms with E-state index in [-0.39, 0.29) is 0 Å². The third-order valence-electron chi connectivity index (χ3n) is 4.09. The largest absolute Gasteiger partial charge is 0.497 e. The molecule has 0 aliphatic heterocycles. The zero-order valence-electron chi connectivity index (χ0n) is 12.2. The maximum absolute atomic E-state index is 5.25. The summed E-state index contributed by atoms with van der Waals surface area (Å²) < 4.78 is 5.25. The summed E-state index contributed by atoms with van der Waals surface area (Å²) in [7, 11) is 1.71. The maximum atomic E-state index is 5.25. The third-order valence-corrected chi connectivity index (χ3v) is 5.36. The average molecular weight is 287 g/mol. The second kappa shape index (κ2) is 5.96. The van der Waals surface area contributed by atoms with Gasteiger partial charge in [-0.1, -0.05) is 19.8 Å². The Balaban J connectivity index is 1.99. The summed E-state index contributed by atoms with van der Waals surface area (Å²) >= 11 is 1.86. The van der Waals surface area contributed by atoms with Gasteiger partial charge < -0.3 is 4.74 Å². The van der Waals surface area contributed by atoms with Gasteiger partial charge >= 0.3 is 0 Å². The highest BCUT2D eigenvalue weighted by atomic mass is 32.1. The molecule has 0 N–H and O–H groups in total. The molecule has 1 aromatic carbocycles. The van der Waals surface area contributed by atoms with E-state index in [0.29, 0.717) is 5.92 Å². The van der Waals surface area contributed by atoms with Gasteiger partial charge in [-0.25, -0.2) is 4.98 Å². The van der Waals surface area contributed by atoms with Crippen molar-refractivity contribution in [3.63, 3.8) is 0 Å². The molecule has 1 heterocycles. The molecule has 0 bridgehead atoms. The number of aromatic nitrogens is 1. The lowest BCUT2D eigenvalue weighted by molar-refractivity contribution is 0.415. The summed E-state index contributed by atoms with van der Waals surface area (Å²) in [5.74, 6) is 1.58. The Morgan fingerprint density at radius 2 is 1.90 bits per heavy atom. The van der Waals surface area contributed by atoms with Gasteiger partial charge in [0, 0.05) is 5.92 Å². The summed E-state index contributed by atoms with van der Waals surface area (Å²) in [5, 5.41) is 1.26. The zero-order valence-corrected chi connectivity index (χ0v) is 13.0. The predicted octanol–water partition coefficient (Wildman–Crippen LogP) is 5.04. The van der Waals surface area contributed by atoms with E-state index in [1.165, 1.54) is 46.8 Å². The monoisotopic (exact) mass is 287 g/mol. The molecule has 2 aromatic rings. The summed E-state index contributed by atoms with van der Waals surface area (Å²) in [6.45, 7) is 2.19. The Bertz CT molecular complexity index is 567. The van der Waals surface area contributed by atoms with Crippen LogP contribution in [0.25, 0.3) is 10.4 Å². The average Bonchev–Trinajstić information content (AvgIpc) is 3.16. The summed E-state index contributed by atoms with van der Waals surface area (Å²) in [6.07, 6.45) is 6.34. The molecule has 1 aliphatic carbocycles. The van der Waals surface area contributed by atoms with Gasteiger partial charge in [0.2, 0.25) is 0 Å². The van der Waals surface area contributed by atoms with Crippen LogP contribution in [-0.2, 0) is 6.42 Å². The van der Waals surface area contributed by atoms with Crippen molar-refractivity contribution in [2.24, 2.45) is 0 Å². The van der Waals surface area contributed by atoms with Crippen LogP contribution in [0.2, 0.25) is 0 Å². The lowest BCUT2D eigenvalue weighted by Gasteiger charge is -2.09. The van der Waals surface area contributed by atoms with Crippen molar-refractivity contribution >= 4 is 11.3 Å². The molecule has 0 saturated heterocycles. The number of aryl methyl sites for hydroxylation is 1. The lowest BCUT2D eigenvalue weighted by atomic mass is 10.00. The molecule has 0 spiro atoms. The van der Waals surface area contributed by atoms with E-state index < -0.39 is 0 Å². The van der Waals surface area contributed by atoms with Gasteiger partial charge in [-0.05, 0) is 49.1 Å². The van der Waals surface area contributed by atoms with E-state index in [1.54, 1.807) is 7.11 Å². The molecule has 0 unspecified atom stereocenters. The minimum Gasteiger partial charge on any atom is -0.497 e. The molecule has 3 rings (SSSR count). The van der Waals surface area contributed by atoms with E-state index in [9.17, 15) is 0 Å². The highest BCUT2D eigenvalue weighted by molar-refractivity contribution is 7.15. The lowest BCUT2D eigenvalue weighted by Crippen LogP contribution is -1.95. The molecule has 106 valence electrons. The number of hydrogen-bond donors (Lipinski definition) is 0. The van der Waals surface area contributed by atoms with Gasteiger partial charge in [-0.3, -0.25) is 0 Å². The predicted molar refractivity (Wildman–Crippen MR) is 84.7 cm³/mol. The van der Waals surface area contributed by atoms with Crippen LogP contribution in [0.3, 0.4) is 0 Å². The fraction of sp³-hybridized carbons (Fsp3) is 0.471. The van der Waals surface area contributed by atoms with Crippen molar-refractivity contribution < 1.29 is 4.74 Å². The van der Waals surface area contributed by atoms with E-state index >= 15 is 0 Å². The Kier molecular flexibility index (Phi) is 4.06. The maximum Gasteiger partial charge on any atom is 0.118 e. The number of methoxy groups -OCH3 is 1. The standard InChI is InChI=1S/C17H21NOS/c1-3-15-18-16(12-6-4-5-7-12)17(20-15)13-8-10-14(19-2)11-9-13/h8-12H,3-7H2,1-2H3. The highest BCUT2D eigenvalue weighted by Gasteiger charge is 2.24. The van der Waals surface area contributed by atoms with Crippen molar-refractivity contribution in [1.82, 2.24) is 4.98 Å². The Labute approximate surface area is 124 Å². The smallest absolute Gasteiger partial charge is 0.118 e. The van der Waals surface area contributed by atoms with Crippen LogP contribution in [0.5, 0.6) is 5.75 Å². The SMILES string of the molecule is CCc1nc(C2CCCC2)c(-c2ccc(OC)cc2)s1. The molecule has 20 heavy (non-hydrogen) atoms. The van der Waals surface area contributed by atoms with Gasteiger partial charge in [0.25, 0.3) is 0 Å². The molecule has 0 radical (unpaired) electrons. The molecule has 0 atom stereocenters. The summed E-state index contributed by atoms with van der Waals surface area (Å²) in [6, 6.07) is 8.40. The topological polar surface area (TPSA) is 22.1 Å². The zero-order chi connectivity index (χ0) is 13.9. The normalized spacial score (nSPS) is 15.7. The first kappa shape index (κ1) is 13.6. The Hall–Kier alpha value is -1.35. The highest BCUT2D eigenvalue weighted by Crippen LogP contribution is 2.42. The Morgan fingerprint density at radius 1 is 1.20 bits per heavy atom. The molecule has 1 saturated carbocycles. The molecule has 3 heteroatoms. The van der Waals surface area contributed by atoms with E-state index in [4.69, 9.17) is 9.72 Å². The van der Waals surface area contributed by atoms with Crippen molar-refractivity contribution in [1.29, 1.82) is 0 Å². The number of hydrogen-bond acceptors (Lipinski definition) is 3. The van der Waals surface area contributed by atoms with Gasteiger partial charge in [0.1, 0.15) is 5.75 Å². The van der Waals surface area contributed by atoms with Crippen LogP contribution in [0.4, 0.5) is 0 Å². The number of benzene rings is 1. The van der Waals surface area contributed by atoms with Crippen molar-refractivity contribution in [2.75, 3.05) is 7.11 Å². The fourth-order valence-electron chi connectivity index (χ4n) is 2.95. The first-order valence-corrected chi connectivity index (χ1v) is 8.27. The molecular formula is C17H21NOS. The molecule has 1 fully saturated rings. The van der Waals surface area contributed by atoms with Crippen molar-refractivity contribution in [3.8, 4) is 16.2 Å². The molecule has 2 nitrogen and oxygen atoms in total. The quantitative estimate of drug-likeness (QED) is 0.786. The van der Waals surface area contributed by atoms with Crippen LogP contribution < -0.4 is 4.74 Å². The van der Waals surface area contributed by atoms with Gasteiger partial charge in [0.05, 0.1) is 22.7 Å². The number of thiazole rings is 1. The van der Waals surface area contributed by atoms with Crippen LogP contribution in [-0.4, -0.2) is 12.1 Å².